The number of Topliss-reactive ketones (excluding diaryl/α,β-unsaturated/α-hetero) is 1. The summed E-state index contributed by atoms with van der Waals surface area (Å²) >= 11 is 0. The van der Waals surface area contributed by atoms with Crippen LogP contribution in [0.25, 0.3) is 0 Å². The SMILES string of the molecule is Cc1ccccc1[C@@H](CC(=O)C[C@H](c1ccccc1C)C1CC1)C1CC1. The van der Waals surface area contributed by atoms with Crippen molar-refractivity contribution in [2.24, 2.45) is 11.8 Å². The fourth-order valence-electron chi connectivity index (χ4n) is 4.64. The summed E-state index contributed by atoms with van der Waals surface area (Å²) in [4.78, 5) is 13.1. The van der Waals surface area contributed by atoms with Crippen LogP contribution in [0.3, 0.4) is 0 Å². The Morgan fingerprint density at radius 1 is 0.769 bits per heavy atom. The Kier molecular flexibility index (Phi) is 4.98. The Morgan fingerprint density at radius 2 is 1.15 bits per heavy atom. The number of aryl methyl sites for hydroxylation is 2. The van der Waals surface area contributed by atoms with Crippen LogP contribution in [0.15, 0.2) is 48.5 Å². The molecule has 26 heavy (non-hydrogen) atoms. The average Bonchev–Trinajstić information content (AvgIpc) is 3.52. The molecule has 2 aromatic carbocycles. The van der Waals surface area contributed by atoms with Crippen LogP contribution in [-0.2, 0) is 4.79 Å². The number of carbonyl (C=O) groups excluding carboxylic acids is 1. The second kappa shape index (κ2) is 7.39. The molecule has 0 saturated heterocycles. The molecule has 4 rings (SSSR count). The predicted octanol–water partition coefficient (Wildman–Crippen LogP) is 6.34. The molecule has 1 heteroatoms. The van der Waals surface area contributed by atoms with Crippen LogP contribution in [0.5, 0.6) is 0 Å². The summed E-state index contributed by atoms with van der Waals surface area (Å²) in [7, 11) is 0. The van der Waals surface area contributed by atoms with Crippen LogP contribution in [0.4, 0.5) is 0 Å². The first-order valence-electron chi connectivity index (χ1n) is 10.3. The van der Waals surface area contributed by atoms with Crippen molar-refractivity contribution in [2.45, 2.75) is 64.2 Å². The average molecular weight is 347 g/mol. The van der Waals surface area contributed by atoms with Gasteiger partial charge < -0.3 is 0 Å². The maximum Gasteiger partial charge on any atom is 0.134 e. The standard InChI is InChI=1S/C25H30O/c1-17-7-3-5-9-22(17)24(19-11-12-19)15-21(26)16-25(20-13-14-20)23-10-6-4-8-18(23)2/h3-10,19-20,24-25H,11-16H2,1-2H3/t24-,25-/m0/s1. The number of hydrogen-bond donors (Lipinski definition) is 0. The molecule has 0 heterocycles. The molecule has 0 bridgehead atoms. The van der Waals surface area contributed by atoms with Gasteiger partial charge in [0, 0.05) is 12.8 Å². The molecule has 2 atom stereocenters. The third-order valence-corrected chi connectivity index (χ3v) is 6.45. The quantitative estimate of drug-likeness (QED) is 0.545. The van der Waals surface area contributed by atoms with Gasteiger partial charge in [-0.2, -0.15) is 0 Å². The highest BCUT2D eigenvalue weighted by Crippen LogP contribution is 2.48. The second-order valence-corrected chi connectivity index (χ2v) is 8.55. The zero-order chi connectivity index (χ0) is 18.1. The molecule has 0 unspecified atom stereocenters. The Morgan fingerprint density at radius 3 is 1.50 bits per heavy atom. The van der Waals surface area contributed by atoms with E-state index >= 15 is 0 Å². The lowest BCUT2D eigenvalue weighted by molar-refractivity contribution is -0.120. The van der Waals surface area contributed by atoms with Gasteiger partial charge in [-0.05, 0) is 85.5 Å². The van der Waals surface area contributed by atoms with Gasteiger partial charge in [-0.15, -0.1) is 0 Å². The zero-order valence-corrected chi connectivity index (χ0v) is 16.1. The van der Waals surface area contributed by atoms with Crippen LogP contribution < -0.4 is 0 Å². The Labute approximate surface area is 157 Å². The number of hydrogen-bond acceptors (Lipinski definition) is 1. The maximum absolute atomic E-state index is 13.1. The number of ketones is 1. The third-order valence-electron chi connectivity index (χ3n) is 6.45. The molecule has 0 amide bonds. The lowest BCUT2D eigenvalue weighted by Gasteiger charge is -2.22. The fraction of sp³-hybridized carbons (Fsp3) is 0.480. The summed E-state index contributed by atoms with van der Waals surface area (Å²) in [6.07, 6.45) is 6.60. The van der Waals surface area contributed by atoms with Crippen LogP contribution in [0.1, 0.15) is 72.6 Å². The van der Waals surface area contributed by atoms with Gasteiger partial charge in [-0.1, -0.05) is 48.5 Å². The summed E-state index contributed by atoms with van der Waals surface area (Å²) in [5.41, 5.74) is 5.49. The second-order valence-electron chi connectivity index (χ2n) is 8.55. The predicted molar refractivity (Wildman–Crippen MR) is 108 cm³/mol. The minimum atomic E-state index is 0.431. The first kappa shape index (κ1) is 17.5. The molecule has 2 fully saturated rings. The van der Waals surface area contributed by atoms with Crippen LogP contribution in [0, 0.1) is 25.7 Å². The van der Waals surface area contributed by atoms with Crippen LogP contribution in [0.2, 0.25) is 0 Å². The van der Waals surface area contributed by atoms with E-state index in [1.54, 1.807) is 0 Å². The molecule has 136 valence electrons. The van der Waals surface area contributed by atoms with Crippen LogP contribution >= 0.6 is 0 Å². The van der Waals surface area contributed by atoms with Gasteiger partial charge in [-0.3, -0.25) is 4.79 Å². The van der Waals surface area contributed by atoms with Gasteiger partial charge in [0.05, 0.1) is 0 Å². The summed E-state index contributed by atoms with van der Waals surface area (Å²) in [6, 6.07) is 17.3. The summed E-state index contributed by atoms with van der Waals surface area (Å²) < 4.78 is 0. The maximum atomic E-state index is 13.1. The molecule has 0 N–H and O–H groups in total. The van der Waals surface area contributed by atoms with Gasteiger partial charge in [-0.25, -0.2) is 0 Å². The minimum absolute atomic E-state index is 0.431. The monoisotopic (exact) mass is 346 g/mol. The Balaban J connectivity index is 1.50. The third kappa shape index (κ3) is 3.92. The number of benzene rings is 2. The van der Waals surface area contributed by atoms with Crippen molar-refractivity contribution in [3.8, 4) is 0 Å². The molecular weight excluding hydrogens is 316 g/mol. The van der Waals surface area contributed by atoms with E-state index in [1.165, 1.54) is 47.9 Å². The van der Waals surface area contributed by atoms with E-state index in [0.29, 0.717) is 17.6 Å². The summed E-state index contributed by atoms with van der Waals surface area (Å²) in [5, 5.41) is 0. The van der Waals surface area contributed by atoms with Gasteiger partial charge in [0.15, 0.2) is 0 Å². The van der Waals surface area contributed by atoms with Crippen molar-refractivity contribution >= 4 is 5.78 Å². The minimum Gasteiger partial charge on any atom is -0.300 e. The lowest BCUT2D eigenvalue weighted by atomic mass is 9.82. The molecular formula is C25H30O. The van der Waals surface area contributed by atoms with E-state index in [4.69, 9.17) is 0 Å². The van der Waals surface area contributed by atoms with Crippen LogP contribution in [-0.4, -0.2) is 5.78 Å². The molecule has 0 radical (unpaired) electrons. The van der Waals surface area contributed by atoms with Crippen molar-refractivity contribution in [3.63, 3.8) is 0 Å². The van der Waals surface area contributed by atoms with Gasteiger partial charge >= 0.3 is 0 Å². The zero-order valence-electron chi connectivity index (χ0n) is 16.1. The molecule has 0 aromatic heterocycles. The molecule has 0 spiro atoms. The number of carbonyl (C=O) groups is 1. The van der Waals surface area contributed by atoms with E-state index in [1.807, 2.05) is 0 Å². The van der Waals surface area contributed by atoms with Gasteiger partial charge in [0.1, 0.15) is 5.78 Å². The summed E-state index contributed by atoms with van der Waals surface area (Å²) in [6.45, 7) is 4.38. The van der Waals surface area contributed by atoms with Gasteiger partial charge in [0.2, 0.25) is 0 Å². The highest BCUT2D eigenvalue weighted by atomic mass is 16.1. The highest BCUT2D eigenvalue weighted by Gasteiger charge is 2.37. The first-order chi connectivity index (χ1) is 12.6. The first-order valence-corrected chi connectivity index (χ1v) is 10.3. The normalized spacial score (nSPS) is 19.2. The Hall–Kier alpha value is -1.89. The highest BCUT2D eigenvalue weighted by molar-refractivity contribution is 5.80. The summed E-state index contributed by atoms with van der Waals surface area (Å²) in [5.74, 6) is 2.77. The van der Waals surface area contributed by atoms with E-state index < -0.39 is 0 Å². The molecule has 2 saturated carbocycles. The molecule has 2 aromatic rings. The van der Waals surface area contributed by atoms with Crippen molar-refractivity contribution in [2.75, 3.05) is 0 Å². The molecule has 0 aliphatic heterocycles. The van der Waals surface area contributed by atoms with Crippen molar-refractivity contribution in [1.29, 1.82) is 0 Å². The lowest BCUT2D eigenvalue weighted by Crippen LogP contribution is -2.15. The molecule has 1 nitrogen and oxygen atoms in total. The van der Waals surface area contributed by atoms with Crippen molar-refractivity contribution < 1.29 is 4.79 Å². The Bertz CT molecular complexity index is 717. The molecule has 2 aliphatic carbocycles. The van der Waals surface area contributed by atoms with E-state index in [9.17, 15) is 4.79 Å². The van der Waals surface area contributed by atoms with Crippen molar-refractivity contribution in [3.05, 3.63) is 70.8 Å². The largest absolute Gasteiger partial charge is 0.300 e. The topological polar surface area (TPSA) is 17.1 Å². The smallest absolute Gasteiger partial charge is 0.134 e. The number of rotatable bonds is 8. The van der Waals surface area contributed by atoms with E-state index in [-0.39, 0.29) is 0 Å². The fourth-order valence-corrected chi connectivity index (χ4v) is 4.64. The van der Waals surface area contributed by atoms with Gasteiger partial charge in [0.25, 0.3) is 0 Å². The van der Waals surface area contributed by atoms with Crippen molar-refractivity contribution in [1.82, 2.24) is 0 Å². The van der Waals surface area contributed by atoms with E-state index in [2.05, 4.69) is 62.4 Å². The molecule has 2 aliphatic rings. The van der Waals surface area contributed by atoms with E-state index in [0.717, 1.165) is 24.7 Å².